The predicted molar refractivity (Wildman–Crippen MR) is 134 cm³/mol. The molecule has 2 aliphatic heterocycles. The summed E-state index contributed by atoms with van der Waals surface area (Å²) in [5.74, 6) is 1.59. The third-order valence-electron chi connectivity index (χ3n) is 7.30. The maximum absolute atomic E-state index is 6.70. The van der Waals surface area contributed by atoms with Crippen LogP contribution in [0.5, 0.6) is 0 Å². The number of hydrogen-bond acceptors (Lipinski definition) is 8. The molecule has 3 aromatic rings. The van der Waals surface area contributed by atoms with E-state index in [2.05, 4.69) is 26.6 Å². The highest BCUT2D eigenvalue weighted by atomic mass is 35.5. The van der Waals surface area contributed by atoms with Gasteiger partial charge in [0, 0.05) is 42.3 Å². The second-order valence-corrected chi connectivity index (χ2v) is 10.4. The molecule has 1 spiro atoms. The molecule has 5 heterocycles. The zero-order valence-corrected chi connectivity index (χ0v) is 20.1. The number of nitrogens with one attached hydrogen (secondary N) is 1. The molecular weight excluding hydrogens is 454 g/mol. The topological polar surface area (TPSA) is 92.3 Å². The summed E-state index contributed by atoms with van der Waals surface area (Å²) in [4.78, 5) is 22.6. The van der Waals surface area contributed by atoms with Crippen molar-refractivity contribution in [3.05, 3.63) is 62.3 Å². The van der Waals surface area contributed by atoms with Gasteiger partial charge in [0.1, 0.15) is 17.3 Å². The molecule has 1 saturated heterocycles. The van der Waals surface area contributed by atoms with Gasteiger partial charge in [-0.1, -0.05) is 11.6 Å². The minimum atomic E-state index is 0.153. The first-order chi connectivity index (χ1) is 16.1. The van der Waals surface area contributed by atoms with Gasteiger partial charge in [-0.2, -0.15) is 0 Å². The normalized spacial score (nSPS) is 20.6. The number of halogens is 1. The number of aromatic nitrogens is 3. The molecule has 0 radical (unpaired) electrons. The molecule has 9 heteroatoms. The molecule has 0 unspecified atom stereocenters. The van der Waals surface area contributed by atoms with E-state index >= 15 is 0 Å². The van der Waals surface area contributed by atoms with E-state index in [1.165, 1.54) is 10.4 Å². The van der Waals surface area contributed by atoms with Crippen molar-refractivity contribution in [2.24, 2.45) is 16.1 Å². The highest BCUT2D eigenvalue weighted by molar-refractivity contribution is 7.10. The third kappa shape index (κ3) is 3.34. The van der Waals surface area contributed by atoms with Crippen molar-refractivity contribution in [2.45, 2.75) is 38.8 Å². The van der Waals surface area contributed by atoms with Crippen LogP contribution in [-0.4, -0.2) is 40.3 Å². The lowest BCUT2D eigenvalue weighted by Crippen LogP contribution is -2.44. The minimum absolute atomic E-state index is 0.153. The number of aliphatic imine (C=N–C) groups is 1. The van der Waals surface area contributed by atoms with Crippen LogP contribution in [0.4, 0.5) is 11.6 Å². The van der Waals surface area contributed by atoms with Crippen LogP contribution in [0.3, 0.4) is 0 Å². The average molecular weight is 480 g/mol. The Kier molecular flexibility index (Phi) is 5.12. The minimum Gasteiger partial charge on any atom is -0.369 e. The number of piperidine rings is 1. The molecule has 3 aliphatic rings. The summed E-state index contributed by atoms with van der Waals surface area (Å²) in [6.07, 6.45) is 6.90. The van der Waals surface area contributed by atoms with Crippen molar-refractivity contribution in [1.29, 1.82) is 0 Å². The van der Waals surface area contributed by atoms with Gasteiger partial charge in [-0.3, -0.25) is 4.99 Å². The molecular formula is C24H26ClN7S. The molecule has 170 valence electrons. The molecule has 3 aromatic heterocycles. The maximum Gasteiger partial charge on any atom is 0.147 e. The molecule has 7 nitrogen and oxygen atoms in total. The first-order valence-corrected chi connectivity index (χ1v) is 12.7. The van der Waals surface area contributed by atoms with Crippen LogP contribution in [0.15, 0.2) is 34.9 Å². The van der Waals surface area contributed by atoms with E-state index in [1.54, 1.807) is 6.20 Å². The molecule has 33 heavy (non-hydrogen) atoms. The molecule has 0 amide bonds. The van der Waals surface area contributed by atoms with Gasteiger partial charge in [-0.05, 0) is 54.7 Å². The largest absolute Gasteiger partial charge is 0.369 e. The fourth-order valence-corrected chi connectivity index (χ4v) is 6.78. The molecule has 0 saturated carbocycles. The monoisotopic (exact) mass is 479 g/mol. The van der Waals surface area contributed by atoms with Gasteiger partial charge in [-0.15, -0.1) is 11.3 Å². The smallest absolute Gasteiger partial charge is 0.147 e. The SMILES string of the molecule is CCNc1nccc(C2=NCc3nc(N4CCC5(CC4)Cc4sccc4[C@H]5N)cnc32)c1Cl. The van der Waals surface area contributed by atoms with Gasteiger partial charge in [0.05, 0.1) is 29.2 Å². The van der Waals surface area contributed by atoms with Crippen molar-refractivity contribution < 1.29 is 0 Å². The lowest BCUT2D eigenvalue weighted by atomic mass is 9.73. The van der Waals surface area contributed by atoms with Crippen LogP contribution in [0, 0.1) is 5.41 Å². The van der Waals surface area contributed by atoms with E-state index < -0.39 is 0 Å². The number of nitrogens with two attached hydrogens (primary N) is 1. The highest BCUT2D eigenvalue weighted by Crippen LogP contribution is 2.52. The van der Waals surface area contributed by atoms with E-state index in [1.807, 2.05) is 30.5 Å². The molecule has 0 aromatic carbocycles. The first-order valence-electron chi connectivity index (χ1n) is 11.5. The van der Waals surface area contributed by atoms with E-state index in [9.17, 15) is 0 Å². The Morgan fingerprint density at radius 2 is 2.12 bits per heavy atom. The average Bonchev–Trinajstić information content (AvgIpc) is 3.52. The number of rotatable bonds is 4. The zero-order chi connectivity index (χ0) is 22.6. The predicted octanol–water partition coefficient (Wildman–Crippen LogP) is 4.21. The van der Waals surface area contributed by atoms with Gasteiger partial charge < -0.3 is 16.0 Å². The standard InChI is InChI=1S/C24H26ClN7S/c1-2-27-23-19(25)15(3-7-28-23)20-21-16(12-29-20)31-18(13-30-21)32-8-5-24(6-9-32)11-17-14(22(24)26)4-10-33-17/h3-4,7,10,13,22H,2,5-6,8-9,11-12,26H2,1H3,(H,27,28)/t22-/m1/s1. The fraction of sp³-hybridized carbons (Fsp3) is 0.417. The van der Waals surface area contributed by atoms with Crippen molar-refractivity contribution in [2.75, 3.05) is 29.9 Å². The molecule has 1 atom stereocenters. The Balaban J connectivity index is 1.20. The number of anilines is 2. The summed E-state index contributed by atoms with van der Waals surface area (Å²) in [6.45, 7) is 5.18. The van der Waals surface area contributed by atoms with Gasteiger partial charge in [-0.25, -0.2) is 15.0 Å². The summed E-state index contributed by atoms with van der Waals surface area (Å²) < 4.78 is 0. The highest BCUT2D eigenvalue weighted by Gasteiger charge is 2.46. The van der Waals surface area contributed by atoms with Gasteiger partial charge in [0.15, 0.2) is 0 Å². The fourth-order valence-electron chi connectivity index (χ4n) is 5.44. The Morgan fingerprint density at radius 3 is 2.91 bits per heavy atom. The summed E-state index contributed by atoms with van der Waals surface area (Å²) in [7, 11) is 0. The summed E-state index contributed by atoms with van der Waals surface area (Å²) in [6, 6.07) is 4.26. The Morgan fingerprint density at radius 1 is 1.27 bits per heavy atom. The van der Waals surface area contributed by atoms with Crippen molar-refractivity contribution in [1.82, 2.24) is 15.0 Å². The molecule has 1 aliphatic carbocycles. The lowest BCUT2D eigenvalue weighted by molar-refractivity contribution is 0.187. The second-order valence-electron chi connectivity index (χ2n) is 9.04. The van der Waals surface area contributed by atoms with Crippen molar-refractivity contribution in [3.8, 4) is 0 Å². The molecule has 3 N–H and O–H groups in total. The Bertz CT molecular complexity index is 1250. The number of nitrogens with zero attached hydrogens (tertiary/aromatic N) is 5. The second kappa shape index (κ2) is 8.04. The maximum atomic E-state index is 6.70. The van der Waals surface area contributed by atoms with E-state index in [-0.39, 0.29) is 11.5 Å². The van der Waals surface area contributed by atoms with E-state index in [0.29, 0.717) is 17.4 Å². The summed E-state index contributed by atoms with van der Waals surface area (Å²) in [5.41, 5.74) is 11.6. The molecule has 1 fully saturated rings. The molecule has 6 rings (SSSR count). The van der Waals surface area contributed by atoms with E-state index in [4.69, 9.17) is 32.3 Å². The van der Waals surface area contributed by atoms with Crippen molar-refractivity contribution >= 4 is 40.3 Å². The van der Waals surface area contributed by atoms with Gasteiger partial charge in [0.25, 0.3) is 0 Å². The van der Waals surface area contributed by atoms with Gasteiger partial charge >= 0.3 is 0 Å². The Labute approximate surface area is 202 Å². The van der Waals surface area contributed by atoms with E-state index in [0.717, 1.165) is 67.4 Å². The zero-order valence-electron chi connectivity index (χ0n) is 18.5. The Hall–Kier alpha value is -2.55. The van der Waals surface area contributed by atoms with Crippen LogP contribution in [0.2, 0.25) is 5.02 Å². The first kappa shape index (κ1) is 21.0. The summed E-state index contributed by atoms with van der Waals surface area (Å²) >= 11 is 8.46. The number of hydrogen-bond donors (Lipinski definition) is 2. The molecule has 0 bridgehead atoms. The van der Waals surface area contributed by atoms with Crippen LogP contribution in [0.25, 0.3) is 0 Å². The van der Waals surface area contributed by atoms with Crippen LogP contribution < -0.4 is 16.0 Å². The number of fused-ring (bicyclic) bond motifs is 2. The van der Waals surface area contributed by atoms with Crippen molar-refractivity contribution in [3.63, 3.8) is 0 Å². The lowest BCUT2D eigenvalue weighted by Gasteiger charge is -2.42. The summed E-state index contributed by atoms with van der Waals surface area (Å²) in [5, 5.41) is 5.93. The van der Waals surface area contributed by atoms with Crippen LogP contribution in [-0.2, 0) is 13.0 Å². The third-order valence-corrected chi connectivity index (χ3v) is 8.62. The van der Waals surface area contributed by atoms with Crippen LogP contribution >= 0.6 is 22.9 Å². The van der Waals surface area contributed by atoms with Gasteiger partial charge in [0.2, 0.25) is 0 Å². The quantitative estimate of drug-likeness (QED) is 0.582. The number of thiophene rings is 1. The number of pyridine rings is 1. The van der Waals surface area contributed by atoms with Crippen LogP contribution in [0.1, 0.15) is 53.2 Å².